The van der Waals surface area contributed by atoms with E-state index in [1.807, 2.05) is 55.5 Å². The zero-order valence-electron chi connectivity index (χ0n) is 14.4. The molecule has 130 valence electrons. The number of carbonyl (C=O) groups is 2. The quantitative estimate of drug-likeness (QED) is 0.897. The van der Waals surface area contributed by atoms with E-state index in [-0.39, 0.29) is 18.4 Å². The van der Waals surface area contributed by atoms with Crippen LogP contribution in [0.3, 0.4) is 0 Å². The summed E-state index contributed by atoms with van der Waals surface area (Å²) >= 11 is 0. The number of para-hydroxylation sites is 1. The molecule has 1 unspecified atom stereocenters. The third-order valence-electron chi connectivity index (χ3n) is 4.54. The van der Waals surface area contributed by atoms with Gasteiger partial charge in [-0.15, -0.1) is 0 Å². The molecule has 2 aromatic rings. The standard InChI is InChI=1S/C20H23N3O2/c1-14-8-10-16(11-9-14)19(21)20(25)22-13-18(24)23-12-4-6-15-5-2-3-7-17(15)23/h2-3,5,7-11,19H,4,6,12-13,21H2,1H3,(H,22,25). The molecule has 5 nitrogen and oxygen atoms in total. The Hall–Kier alpha value is -2.66. The van der Waals surface area contributed by atoms with Crippen LogP contribution in [0.2, 0.25) is 0 Å². The highest BCUT2D eigenvalue weighted by molar-refractivity contribution is 5.98. The molecular formula is C20H23N3O2. The SMILES string of the molecule is Cc1ccc(C(N)C(=O)NCC(=O)N2CCCc3ccccc32)cc1. The number of nitrogens with one attached hydrogen (secondary N) is 1. The molecule has 0 fully saturated rings. The summed E-state index contributed by atoms with van der Waals surface area (Å²) in [5.41, 5.74) is 9.95. The van der Waals surface area contributed by atoms with Gasteiger partial charge >= 0.3 is 0 Å². The molecule has 2 amide bonds. The Morgan fingerprint density at radius 3 is 2.64 bits per heavy atom. The number of aryl methyl sites for hydroxylation is 2. The first kappa shape index (κ1) is 17.2. The second-order valence-electron chi connectivity index (χ2n) is 6.38. The highest BCUT2D eigenvalue weighted by Gasteiger charge is 2.23. The van der Waals surface area contributed by atoms with Crippen molar-refractivity contribution in [2.45, 2.75) is 25.8 Å². The summed E-state index contributed by atoms with van der Waals surface area (Å²) in [6.07, 6.45) is 1.91. The van der Waals surface area contributed by atoms with Crippen LogP contribution in [0.15, 0.2) is 48.5 Å². The lowest BCUT2D eigenvalue weighted by Crippen LogP contribution is -2.44. The Bertz CT molecular complexity index is 771. The van der Waals surface area contributed by atoms with Crippen LogP contribution in [-0.2, 0) is 16.0 Å². The fourth-order valence-electron chi connectivity index (χ4n) is 3.09. The molecule has 1 heterocycles. The van der Waals surface area contributed by atoms with Crippen molar-refractivity contribution in [2.24, 2.45) is 5.73 Å². The third-order valence-corrected chi connectivity index (χ3v) is 4.54. The summed E-state index contributed by atoms with van der Waals surface area (Å²) in [7, 11) is 0. The number of nitrogens with two attached hydrogens (primary N) is 1. The third kappa shape index (κ3) is 3.88. The number of amides is 2. The highest BCUT2D eigenvalue weighted by Crippen LogP contribution is 2.26. The Balaban J connectivity index is 1.61. The maximum atomic E-state index is 12.5. The van der Waals surface area contributed by atoms with Gasteiger partial charge in [0.05, 0.1) is 6.54 Å². The van der Waals surface area contributed by atoms with Gasteiger partial charge in [0.15, 0.2) is 0 Å². The van der Waals surface area contributed by atoms with E-state index in [2.05, 4.69) is 5.32 Å². The van der Waals surface area contributed by atoms with Crippen LogP contribution in [-0.4, -0.2) is 24.9 Å². The molecule has 2 aromatic carbocycles. The smallest absolute Gasteiger partial charge is 0.246 e. The number of hydrogen-bond acceptors (Lipinski definition) is 3. The first-order valence-corrected chi connectivity index (χ1v) is 8.54. The van der Waals surface area contributed by atoms with Gasteiger partial charge < -0.3 is 16.0 Å². The van der Waals surface area contributed by atoms with Crippen molar-refractivity contribution >= 4 is 17.5 Å². The van der Waals surface area contributed by atoms with E-state index in [1.54, 1.807) is 4.90 Å². The van der Waals surface area contributed by atoms with E-state index >= 15 is 0 Å². The summed E-state index contributed by atoms with van der Waals surface area (Å²) in [5.74, 6) is -0.459. The number of rotatable bonds is 4. The molecule has 0 aromatic heterocycles. The Morgan fingerprint density at radius 1 is 1.16 bits per heavy atom. The second-order valence-corrected chi connectivity index (χ2v) is 6.38. The molecular weight excluding hydrogens is 314 g/mol. The van der Waals surface area contributed by atoms with Crippen LogP contribution in [0.25, 0.3) is 0 Å². The average molecular weight is 337 g/mol. The molecule has 0 radical (unpaired) electrons. The minimum atomic E-state index is -0.776. The van der Waals surface area contributed by atoms with Crippen molar-refractivity contribution in [1.29, 1.82) is 0 Å². The van der Waals surface area contributed by atoms with Crippen LogP contribution < -0.4 is 16.0 Å². The van der Waals surface area contributed by atoms with Gasteiger partial charge in [-0.2, -0.15) is 0 Å². The van der Waals surface area contributed by atoms with E-state index in [0.717, 1.165) is 29.7 Å². The summed E-state index contributed by atoms with van der Waals surface area (Å²) < 4.78 is 0. The van der Waals surface area contributed by atoms with Crippen LogP contribution in [0.1, 0.15) is 29.2 Å². The molecule has 5 heteroatoms. The Morgan fingerprint density at radius 2 is 1.88 bits per heavy atom. The highest BCUT2D eigenvalue weighted by atomic mass is 16.2. The average Bonchev–Trinajstić information content (AvgIpc) is 2.65. The molecule has 3 rings (SSSR count). The zero-order valence-corrected chi connectivity index (χ0v) is 14.4. The van der Waals surface area contributed by atoms with E-state index in [1.165, 1.54) is 5.56 Å². The number of fused-ring (bicyclic) bond motifs is 1. The first-order chi connectivity index (χ1) is 12.1. The van der Waals surface area contributed by atoms with Gasteiger partial charge in [-0.05, 0) is 37.0 Å². The van der Waals surface area contributed by atoms with Gasteiger partial charge in [0.2, 0.25) is 11.8 Å². The molecule has 0 saturated heterocycles. The van der Waals surface area contributed by atoms with Crippen LogP contribution in [0.5, 0.6) is 0 Å². The lowest BCUT2D eigenvalue weighted by Gasteiger charge is -2.29. The van der Waals surface area contributed by atoms with Crippen molar-refractivity contribution in [3.63, 3.8) is 0 Å². The molecule has 25 heavy (non-hydrogen) atoms. The Kier molecular flexibility index (Phi) is 5.14. The maximum Gasteiger partial charge on any atom is 0.246 e. The lowest BCUT2D eigenvalue weighted by atomic mass is 10.0. The number of hydrogen-bond donors (Lipinski definition) is 2. The van der Waals surface area contributed by atoms with E-state index in [9.17, 15) is 9.59 Å². The molecule has 3 N–H and O–H groups in total. The van der Waals surface area contributed by atoms with E-state index in [4.69, 9.17) is 5.73 Å². The number of benzene rings is 2. The van der Waals surface area contributed by atoms with Crippen LogP contribution >= 0.6 is 0 Å². The summed E-state index contributed by atoms with van der Waals surface area (Å²) in [6, 6.07) is 14.6. The number of carbonyl (C=O) groups excluding carboxylic acids is 2. The van der Waals surface area contributed by atoms with E-state index in [0.29, 0.717) is 6.54 Å². The second kappa shape index (κ2) is 7.49. The van der Waals surface area contributed by atoms with Crippen molar-refractivity contribution in [3.8, 4) is 0 Å². The monoisotopic (exact) mass is 337 g/mol. The summed E-state index contributed by atoms with van der Waals surface area (Å²) in [6.45, 7) is 2.60. The fraction of sp³-hybridized carbons (Fsp3) is 0.300. The fourth-order valence-corrected chi connectivity index (χ4v) is 3.09. The molecule has 0 bridgehead atoms. The van der Waals surface area contributed by atoms with E-state index < -0.39 is 6.04 Å². The maximum absolute atomic E-state index is 12.5. The van der Waals surface area contributed by atoms with Gasteiger partial charge in [-0.3, -0.25) is 9.59 Å². The molecule has 0 spiro atoms. The summed E-state index contributed by atoms with van der Waals surface area (Å²) in [4.78, 5) is 26.5. The van der Waals surface area contributed by atoms with Gasteiger partial charge in [-0.1, -0.05) is 48.0 Å². The minimum absolute atomic E-state index is 0.0489. The van der Waals surface area contributed by atoms with Crippen molar-refractivity contribution < 1.29 is 9.59 Å². The predicted octanol–water partition coefficient (Wildman–Crippen LogP) is 2.09. The van der Waals surface area contributed by atoms with Gasteiger partial charge in [0.25, 0.3) is 0 Å². The van der Waals surface area contributed by atoms with Crippen molar-refractivity contribution in [3.05, 3.63) is 65.2 Å². The lowest BCUT2D eigenvalue weighted by molar-refractivity contribution is -0.126. The normalized spacial score (nSPS) is 14.6. The molecule has 0 aliphatic carbocycles. The zero-order chi connectivity index (χ0) is 17.8. The Labute approximate surface area is 147 Å². The predicted molar refractivity (Wildman–Crippen MR) is 98.2 cm³/mol. The summed E-state index contributed by atoms with van der Waals surface area (Å²) in [5, 5.41) is 2.67. The van der Waals surface area contributed by atoms with Gasteiger partial charge in [0, 0.05) is 12.2 Å². The topological polar surface area (TPSA) is 75.4 Å². The number of nitrogens with zero attached hydrogens (tertiary/aromatic N) is 1. The number of anilines is 1. The molecule has 1 aliphatic heterocycles. The van der Waals surface area contributed by atoms with Crippen LogP contribution in [0, 0.1) is 6.92 Å². The van der Waals surface area contributed by atoms with Gasteiger partial charge in [0.1, 0.15) is 6.04 Å². The van der Waals surface area contributed by atoms with Gasteiger partial charge in [-0.25, -0.2) is 0 Å². The molecule has 1 atom stereocenters. The van der Waals surface area contributed by atoms with Crippen molar-refractivity contribution in [2.75, 3.05) is 18.0 Å². The molecule has 1 aliphatic rings. The van der Waals surface area contributed by atoms with Crippen LogP contribution in [0.4, 0.5) is 5.69 Å². The minimum Gasteiger partial charge on any atom is -0.345 e. The first-order valence-electron chi connectivity index (χ1n) is 8.54. The largest absolute Gasteiger partial charge is 0.345 e. The van der Waals surface area contributed by atoms with Crippen molar-refractivity contribution in [1.82, 2.24) is 5.32 Å². The molecule has 0 saturated carbocycles.